The Morgan fingerprint density at radius 3 is 3.00 bits per heavy atom. The van der Waals surface area contributed by atoms with Gasteiger partial charge >= 0.3 is 0 Å². The molecule has 5 nitrogen and oxygen atoms in total. The van der Waals surface area contributed by atoms with E-state index < -0.39 is 0 Å². The van der Waals surface area contributed by atoms with Crippen molar-refractivity contribution in [1.82, 2.24) is 10.2 Å². The maximum atomic E-state index is 12.2. The molecule has 1 heterocycles. The summed E-state index contributed by atoms with van der Waals surface area (Å²) in [5.74, 6) is 0.508. The van der Waals surface area contributed by atoms with Gasteiger partial charge in [0.05, 0.1) is 12.7 Å². The standard InChI is InChI=1S/C14H27N3O2/c1-10-12(4-3-5-13(10)15)14(18)16-8-11-9-17(2)6-7-19-11/h10-13H,3-9,15H2,1-2H3,(H,16,18). The number of hydrogen-bond acceptors (Lipinski definition) is 4. The van der Waals surface area contributed by atoms with E-state index in [2.05, 4.69) is 24.2 Å². The van der Waals surface area contributed by atoms with Crippen molar-refractivity contribution < 1.29 is 9.53 Å². The molecule has 1 saturated heterocycles. The van der Waals surface area contributed by atoms with Crippen LogP contribution in [-0.4, -0.2) is 56.2 Å². The van der Waals surface area contributed by atoms with Crippen LogP contribution in [0.5, 0.6) is 0 Å². The lowest BCUT2D eigenvalue weighted by atomic mass is 9.77. The highest BCUT2D eigenvalue weighted by Crippen LogP contribution is 2.28. The van der Waals surface area contributed by atoms with E-state index in [-0.39, 0.29) is 29.9 Å². The number of morpholine rings is 1. The molecule has 1 amide bonds. The SMILES string of the molecule is CC1C(N)CCCC1C(=O)NCC1CN(C)CCO1. The number of ether oxygens (including phenoxy) is 1. The summed E-state index contributed by atoms with van der Waals surface area (Å²) < 4.78 is 5.65. The molecule has 4 unspecified atom stereocenters. The molecular formula is C14H27N3O2. The summed E-state index contributed by atoms with van der Waals surface area (Å²) in [6, 6.07) is 0.168. The van der Waals surface area contributed by atoms with E-state index in [1.807, 2.05) is 0 Å². The van der Waals surface area contributed by atoms with Crippen LogP contribution >= 0.6 is 0 Å². The third-order valence-corrected chi connectivity index (χ3v) is 4.55. The summed E-state index contributed by atoms with van der Waals surface area (Å²) >= 11 is 0. The van der Waals surface area contributed by atoms with E-state index in [1.54, 1.807) is 0 Å². The molecule has 2 fully saturated rings. The smallest absolute Gasteiger partial charge is 0.223 e. The molecule has 1 saturated carbocycles. The zero-order valence-corrected chi connectivity index (χ0v) is 12.1. The predicted molar refractivity (Wildman–Crippen MR) is 74.7 cm³/mol. The molecular weight excluding hydrogens is 242 g/mol. The van der Waals surface area contributed by atoms with Crippen molar-refractivity contribution in [3.63, 3.8) is 0 Å². The van der Waals surface area contributed by atoms with E-state index in [0.717, 1.165) is 39.0 Å². The molecule has 0 bridgehead atoms. The van der Waals surface area contributed by atoms with Gasteiger partial charge in [-0.2, -0.15) is 0 Å². The van der Waals surface area contributed by atoms with E-state index in [0.29, 0.717) is 6.54 Å². The first-order valence-electron chi connectivity index (χ1n) is 7.41. The number of rotatable bonds is 3. The number of nitrogens with one attached hydrogen (secondary N) is 1. The number of carbonyl (C=O) groups is 1. The average Bonchev–Trinajstić information content (AvgIpc) is 2.39. The molecule has 3 N–H and O–H groups in total. The van der Waals surface area contributed by atoms with E-state index in [4.69, 9.17) is 10.5 Å². The minimum Gasteiger partial charge on any atom is -0.374 e. The average molecular weight is 269 g/mol. The molecule has 0 radical (unpaired) electrons. The van der Waals surface area contributed by atoms with Gasteiger partial charge in [0, 0.05) is 31.6 Å². The Morgan fingerprint density at radius 2 is 2.26 bits per heavy atom. The van der Waals surface area contributed by atoms with Crippen molar-refractivity contribution in [2.45, 2.75) is 38.3 Å². The lowest BCUT2D eigenvalue weighted by Crippen LogP contribution is -2.49. The fourth-order valence-electron chi connectivity index (χ4n) is 3.10. The van der Waals surface area contributed by atoms with Crippen LogP contribution in [0.2, 0.25) is 0 Å². The molecule has 2 aliphatic rings. The van der Waals surface area contributed by atoms with Crippen molar-refractivity contribution in [3.8, 4) is 0 Å². The maximum Gasteiger partial charge on any atom is 0.223 e. The molecule has 4 atom stereocenters. The molecule has 1 aliphatic carbocycles. The lowest BCUT2D eigenvalue weighted by Gasteiger charge is -2.34. The second-order valence-corrected chi connectivity index (χ2v) is 6.06. The van der Waals surface area contributed by atoms with Gasteiger partial charge in [0.2, 0.25) is 5.91 Å². The number of nitrogens with zero attached hydrogens (tertiary/aromatic N) is 1. The van der Waals surface area contributed by atoms with Gasteiger partial charge in [-0.3, -0.25) is 4.79 Å². The van der Waals surface area contributed by atoms with Crippen LogP contribution in [0.15, 0.2) is 0 Å². The Morgan fingerprint density at radius 1 is 1.47 bits per heavy atom. The summed E-state index contributed by atoms with van der Waals surface area (Å²) in [4.78, 5) is 14.5. The lowest BCUT2D eigenvalue weighted by molar-refractivity contribution is -0.129. The Balaban J connectivity index is 1.77. The first kappa shape index (κ1) is 14.8. The Labute approximate surface area is 115 Å². The highest BCUT2D eigenvalue weighted by molar-refractivity contribution is 5.79. The second-order valence-electron chi connectivity index (χ2n) is 6.06. The quantitative estimate of drug-likeness (QED) is 0.768. The number of hydrogen-bond donors (Lipinski definition) is 2. The molecule has 0 aromatic carbocycles. The van der Waals surface area contributed by atoms with Gasteiger partial charge in [-0.25, -0.2) is 0 Å². The summed E-state index contributed by atoms with van der Waals surface area (Å²) in [6.07, 6.45) is 3.19. The van der Waals surface area contributed by atoms with Gasteiger partial charge in [0.25, 0.3) is 0 Å². The summed E-state index contributed by atoms with van der Waals surface area (Å²) in [5, 5.41) is 3.05. The molecule has 110 valence electrons. The zero-order valence-electron chi connectivity index (χ0n) is 12.1. The van der Waals surface area contributed by atoms with Gasteiger partial charge in [-0.1, -0.05) is 13.3 Å². The minimum atomic E-state index is 0.0741. The van der Waals surface area contributed by atoms with Gasteiger partial charge in [0.15, 0.2) is 0 Å². The fourth-order valence-corrected chi connectivity index (χ4v) is 3.10. The molecule has 2 rings (SSSR count). The van der Waals surface area contributed by atoms with Gasteiger partial charge < -0.3 is 20.7 Å². The van der Waals surface area contributed by atoms with Crippen molar-refractivity contribution in [2.24, 2.45) is 17.6 Å². The van der Waals surface area contributed by atoms with Crippen molar-refractivity contribution >= 4 is 5.91 Å². The molecule has 19 heavy (non-hydrogen) atoms. The maximum absolute atomic E-state index is 12.2. The van der Waals surface area contributed by atoms with Crippen LogP contribution in [0.25, 0.3) is 0 Å². The monoisotopic (exact) mass is 269 g/mol. The predicted octanol–water partition coefficient (Wildman–Crippen LogP) is 0.197. The Kier molecular flexibility index (Phi) is 5.19. The third kappa shape index (κ3) is 3.91. The first-order valence-corrected chi connectivity index (χ1v) is 7.41. The minimum absolute atomic E-state index is 0.0741. The number of nitrogens with two attached hydrogens (primary N) is 1. The van der Waals surface area contributed by atoms with Crippen molar-refractivity contribution in [3.05, 3.63) is 0 Å². The molecule has 0 spiro atoms. The Hall–Kier alpha value is -0.650. The second kappa shape index (κ2) is 6.68. The van der Waals surface area contributed by atoms with Crippen LogP contribution in [0, 0.1) is 11.8 Å². The van der Waals surface area contributed by atoms with Crippen molar-refractivity contribution in [1.29, 1.82) is 0 Å². The summed E-state index contributed by atoms with van der Waals surface area (Å²) in [5.41, 5.74) is 6.05. The van der Waals surface area contributed by atoms with Crippen LogP contribution in [0.4, 0.5) is 0 Å². The van der Waals surface area contributed by atoms with Gasteiger partial charge in [0.1, 0.15) is 0 Å². The van der Waals surface area contributed by atoms with Crippen molar-refractivity contribution in [2.75, 3.05) is 33.3 Å². The molecule has 0 aromatic rings. The zero-order chi connectivity index (χ0) is 13.8. The van der Waals surface area contributed by atoms with E-state index in [9.17, 15) is 4.79 Å². The largest absolute Gasteiger partial charge is 0.374 e. The van der Waals surface area contributed by atoms with Gasteiger partial charge in [-0.05, 0) is 25.8 Å². The summed E-state index contributed by atoms with van der Waals surface area (Å²) in [7, 11) is 2.08. The van der Waals surface area contributed by atoms with Crippen LogP contribution in [0.3, 0.4) is 0 Å². The number of amides is 1. The van der Waals surface area contributed by atoms with Crippen LogP contribution in [-0.2, 0) is 9.53 Å². The molecule has 0 aromatic heterocycles. The summed E-state index contributed by atoms with van der Waals surface area (Å²) in [6.45, 7) is 5.32. The van der Waals surface area contributed by atoms with Gasteiger partial charge in [-0.15, -0.1) is 0 Å². The van der Waals surface area contributed by atoms with Crippen LogP contribution < -0.4 is 11.1 Å². The fraction of sp³-hybridized carbons (Fsp3) is 0.929. The number of carbonyl (C=O) groups excluding carboxylic acids is 1. The Bertz CT molecular complexity index is 311. The third-order valence-electron chi connectivity index (χ3n) is 4.55. The first-order chi connectivity index (χ1) is 9.08. The van der Waals surface area contributed by atoms with Crippen LogP contribution in [0.1, 0.15) is 26.2 Å². The normalized spacial score (nSPS) is 37.0. The van der Waals surface area contributed by atoms with E-state index in [1.165, 1.54) is 0 Å². The molecule has 1 aliphatic heterocycles. The topological polar surface area (TPSA) is 67.6 Å². The molecule has 5 heteroatoms. The highest BCUT2D eigenvalue weighted by atomic mass is 16.5. The van der Waals surface area contributed by atoms with E-state index >= 15 is 0 Å². The highest BCUT2D eigenvalue weighted by Gasteiger charge is 2.32. The number of likely N-dealkylation sites (N-methyl/N-ethyl adjacent to an activating group) is 1.